The van der Waals surface area contributed by atoms with Gasteiger partial charge < -0.3 is 5.32 Å². The van der Waals surface area contributed by atoms with Gasteiger partial charge in [-0.15, -0.1) is 0 Å². The molecule has 1 amide bonds. The average Bonchev–Trinajstić information content (AvgIpc) is 3.18. The molecule has 2 atom stereocenters. The number of carbonyl (C=O) groups is 1. The zero-order valence-electron chi connectivity index (χ0n) is 13.6. The molecule has 0 aromatic heterocycles. The van der Waals surface area contributed by atoms with E-state index in [2.05, 4.69) is 41.4 Å². The lowest BCUT2D eigenvalue weighted by atomic mass is 9.91. The number of rotatable bonds is 5. The van der Waals surface area contributed by atoms with E-state index >= 15 is 0 Å². The fourth-order valence-corrected chi connectivity index (χ4v) is 4.02. The maximum Gasteiger partial charge on any atom is 0.234 e. The van der Waals surface area contributed by atoms with E-state index in [1.165, 1.54) is 37.7 Å². The largest absolute Gasteiger partial charge is 0.348 e. The molecule has 3 rings (SSSR count). The molecule has 1 saturated heterocycles. The second kappa shape index (κ2) is 7.28. The molecule has 2 aliphatic rings. The molecule has 0 spiro atoms. The van der Waals surface area contributed by atoms with Crippen molar-refractivity contribution in [1.82, 2.24) is 10.2 Å². The third-order valence-corrected chi connectivity index (χ3v) is 5.22. The van der Waals surface area contributed by atoms with Gasteiger partial charge in [-0.2, -0.15) is 0 Å². The predicted octanol–water partition coefficient (Wildman–Crippen LogP) is 3.38. The van der Waals surface area contributed by atoms with Crippen molar-refractivity contribution in [3.05, 3.63) is 35.9 Å². The molecule has 3 heteroatoms. The number of carbonyl (C=O) groups excluding carboxylic acids is 1. The predicted molar refractivity (Wildman–Crippen MR) is 89.5 cm³/mol. The first-order valence-corrected chi connectivity index (χ1v) is 8.79. The molecule has 1 aliphatic carbocycles. The van der Waals surface area contributed by atoms with Crippen LogP contribution in [-0.2, 0) is 4.79 Å². The van der Waals surface area contributed by atoms with Crippen LogP contribution in [0.3, 0.4) is 0 Å². The lowest BCUT2D eigenvalue weighted by Gasteiger charge is -2.26. The SMILES string of the molecule is CC1CCN(CC(=O)NC(c2ccccc2)C2CCCC2)C1. The Morgan fingerprint density at radius 2 is 1.95 bits per heavy atom. The van der Waals surface area contributed by atoms with Crippen LogP contribution in [0.2, 0.25) is 0 Å². The molecule has 22 heavy (non-hydrogen) atoms. The van der Waals surface area contributed by atoms with Crippen molar-refractivity contribution in [2.45, 2.75) is 45.1 Å². The first-order chi connectivity index (χ1) is 10.7. The maximum absolute atomic E-state index is 12.5. The molecular weight excluding hydrogens is 272 g/mol. The molecule has 1 aromatic carbocycles. The first kappa shape index (κ1) is 15.5. The summed E-state index contributed by atoms with van der Waals surface area (Å²) in [6, 6.07) is 10.7. The highest BCUT2D eigenvalue weighted by atomic mass is 16.2. The number of nitrogens with one attached hydrogen (secondary N) is 1. The van der Waals surface area contributed by atoms with Crippen LogP contribution in [0.5, 0.6) is 0 Å². The fraction of sp³-hybridized carbons (Fsp3) is 0.632. The van der Waals surface area contributed by atoms with E-state index in [4.69, 9.17) is 0 Å². The lowest BCUT2D eigenvalue weighted by molar-refractivity contribution is -0.123. The van der Waals surface area contributed by atoms with Crippen molar-refractivity contribution in [2.24, 2.45) is 11.8 Å². The van der Waals surface area contributed by atoms with Crippen LogP contribution in [0.25, 0.3) is 0 Å². The smallest absolute Gasteiger partial charge is 0.234 e. The van der Waals surface area contributed by atoms with E-state index in [9.17, 15) is 4.79 Å². The van der Waals surface area contributed by atoms with Gasteiger partial charge in [0.2, 0.25) is 5.91 Å². The van der Waals surface area contributed by atoms with Gasteiger partial charge in [-0.25, -0.2) is 0 Å². The summed E-state index contributed by atoms with van der Waals surface area (Å²) in [5.41, 5.74) is 1.26. The van der Waals surface area contributed by atoms with Crippen molar-refractivity contribution in [1.29, 1.82) is 0 Å². The van der Waals surface area contributed by atoms with Crippen LogP contribution < -0.4 is 5.32 Å². The van der Waals surface area contributed by atoms with Gasteiger partial charge in [0.15, 0.2) is 0 Å². The molecule has 1 aliphatic heterocycles. The monoisotopic (exact) mass is 300 g/mol. The van der Waals surface area contributed by atoms with Crippen LogP contribution in [0.1, 0.15) is 50.6 Å². The molecule has 1 saturated carbocycles. The first-order valence-electron chi connectivity index (χ1n) is 8.79. The van der Waals surface area contributed by atoms with Crippen molar-refractivity contribution in [3.8, 4) is 0 Å². The Kier molecular flexibility index (Phi) is 5.14. The van der Waals surface area contributed by atoms with Gasteiger partial charge in [0.05, 0.1) is 12.6 Å². The molecule has 1 heterocycles. The zero-order valence-corrected chi connectivity index (χ0v) is 13.6. The summed E-state index contributed by atoms with van der Waals surface area (Å²) < 4.78 is 0. The van der Waals surface area contributed by atoms with Gasteiger partial charge in [-0.3, -0.25) is 9.69 Å². The minimum Gasteiger partial charge on any atom is -0.348 e. The standard InChI is InChI=1S/C19H28N2O/c1-15-11-12-21(13-15)14-18(22)20-19(17-9-5-6-10-17)16-7-3-2-4-8-16/h2-4,7-8,15,17,19H,5-6,9-14H2,1H3,(H,20,22). The lowest BCUT2D eigenvalue weighted by Crippen LogP contribution is -2.40. The number of nitrogens with zero attached hydrogens (tertiary/aromatic N) is 1. The van der Waals surface area contributed by atoms with E-state index in [1.54, 1.807) is 0 Å². The highest BCUT2D eigenvalue weighted by Gasteiger charge is 2.28. The third kappa shape index (κ3) is 3.89. The van der Waals surface area contributed by atoms with Gasteiger partial charge in [-0.1, -0.05) is 50.1 Å². The second-order valence-electron chi connectivity index (χ2n) is 7.13. The van der Waals surface area contributed by atoms with Crippen molar-refractivity contribution < 1.29 is 4.79 Å². The molecule has 0 radical (unpaired) electrons. The molecule has 120 valence electrons. The van der Waals surface area contributed by atoms with Gasteiger partial charge in [0, 0.05) is 6.54 Å². The highest BCUT2D eigenvalue weighted by molar-refractivity contribution is 5.78. The van der Waals surface area contributed by atoms with Crippen LogP contribution in [0.15, 0.2) is 30.3 Å². The summed E-state index contributed by atoms with van der Waals surface area (Å²) in [4.78, 5) is 14.8. The minimum absolute atomic E-state index is 0.190. The average molecular weight is 300 g/mol. The van der Waals surface area contributed by atoms with Crippen LogP contribution in [-0.4, -0.2) is 30.4 Å². The number of benzene rings is 1. The summed E-state index contributed by atoms with van der Waals surface area (Å²) >= 11 is 0. The normalized spacial score (nSPS) is 24.5. The third-order valence-electron chi connectivity index (χ3n) is 5.22. The molecule has 2 fully saturated rings. The number of hydrogen-bond donors (Lipinski definition) is 1. The number of likely N-dealkylation sites (tertiary alicyclic amines) is 1. The minimum atomic E-state index is 0.190. The molecule has 1 aromatic rings. The van der Waals surface area contributed by atoms with E-state index in [0.717, 1.165) is 19.0 Å². The van der Waals surface area contributed by atoms with E-state index < -0.39 is 0 Å². The summed E-state index contributed by atoms with van der Waals surface area (Å²) in [5, 5.41) is 3.34. The highest BCUT2D eigenvalue weighted by Crippen LogP contribution is 2.35. The van der Waals surface area contributed by atoms with E-state index in [-0.39, 0.29) is 11.9 Å². The maximum atomic E-state index is 12.5. The molecule has 2 unspecified atom stereocenters. The molecular formula is C19H28N2O. The van der Waals surface area contributed by atoms with Gasteiger partial charge in [0.25, 0.3) is 0 Å². The second-order valence-corrected chi connectivity index (χ2v) is 7.13. The Morgan fingerprint density at radius 3 is 2.59 bits per heavy atom. The Balaban J connectivity index is 1.63. The van der Waals surface area contributed by atoms with Gasteiger partial charge in [-0.05, 0) is 43.2 Å². The molecule has 0 bridgehead atoms. The van der Waals surface area contributed by atoms with Gasteiger partial charge >= 0.3 is 0 Å². The molecule has 3 nitrogen and oxygen atoms in total. The molecule has 1 N–H and O–H groups in total. The summed E-state index contributed by atoms with van der Waals surface area (Å²) in [7, 11) is 0. The van der Waals surface area contributed by atoms with E-state index in [0.29, 0.717) is 12.5 Å². The number of amides is 1. The zero-order chi connectivity index (χ0) is 15.4. The quantitative estimate of drug-likeness (QED) is 0.904. The van der Waals surface area contributed by atoms with Crippen molar-refractivity contribution in [2.75, 3.05) is 19.6 Å². The van der Waals surface area contributed by atoms with Crippen LogP contribution in [0, 0.1) is 11.8 Å². The topological polar surface area (TPSA) is 32.3 Å². The van der Waals surface area contributed by atoms with Gasteiger partial charge in [0.1, 0.15) is 0 Å². The Bertz CT molecular complexity index is 481. The summed E-state index contributed by atoms with van der Waals surface area (Å²) in [6.07, 6.45) is 6.29. The van der Waals surface area contributed by atoms with Crippen LogP contribution >= 0.6 is 0 Å². The fourth-order valence-electron chi connectivity index (χ4n) is 4.02. The van der Waals surface area contributed by atoms with Crippen molar-refractivity contribution >= 4 is 5.91 Å². The van der Waals surface area contributed by atoms with Crippen molar-refractivity contribution in [3.63, 3.8) is 0 Å². The Morgan fingerprint density at radius 1 is 1.23 bits per heavy atom. The summed E-state index contributed by atoms with van der Waals surface area (Å²) in [5.74, 6) is 1.52. The van der Waals surface area contributed by atoms with Crippen LogP contribution in [0.4, 0.5) is 0 Å². The summed E-state index contributed by atoms with van der Waals surface area (Å²) in [6.45, 7) is 4.95. The Hall–Kier alpha value is -1.35. The number of hydrogen-bond acceptors (Lipinski definition) is 2. The van der Waals surface area contributed by atoms with E-state index in [1.807, 2.05) is 6.07 Å². The Labute approximate surface area is 134 Å².